The van der Waals surface area contributed by atoms with Crippen molar-refractivity contribution >= 4 is 17.2 Å². The van der Waals surface area contributed by atoms with Crippen LogP contribution >= 0.6 is 11.3 Å². The summed E-state index contributed by atoms with van der Waals surface area (Å²) < 4.78 is 7.08. The van der Waals surface area contributed by atoms with Crippen LogP contribution in [0.15, 0.2) is 35.8 Å². The second-order valence-corrected chi connectivity index (χ2v) is 5.16. The Morgan fingerprint density at radius 1 is 1.32 bits per heavy atom. The highest BCUT2D eigenvalue weighted by Crippen LogP contribution is 2.12. The van der Waals surface area contributed by atoms with Crippen LogP contribution in [0.25, 0.3) is 0 Å². The lowest BCUT2D eigenvalue weighted by molar-refractivity contribution is -0.572. The van der Waals surface area contributed by atoms with Gasteiger partial charge in [-0.25, -0.2) is 4.79 Å². The van der Waals surface area contributed by atoms with E-state index in [2.05, 4.69) is 0 Å². The molecule has 0 atom stereocenters. The molecule has 2 aromatic rings. The molecule has 0 aliphatic rings. The van der Waals surface area contributed by atoms with Crippen LogP contribution in [0.1, 0.15) is 27.9 Å². The van der Waals surface area contributed by atoms with Crippen LogP contribution in [0.5, 0.6) is 0 Å². The predicted molar refractivity (Wildman–Crippen MR) is 75.6 cm³/mol. The van der Waals surface area contributed by atoms with E-state index in [1.165, 1.54) is 4.88 Å². The molecule has 0 saturated carbocycles. The third-order valence-corrected chi connectivity index (χ3v) is 4.08. The second-order valence-electron chi connectivity index (χ2n) is 4.22. The Morgan fingerprint density at radius 2 is 2.05 bits per heavy atom. The first-order chi connectivity index (χ1) is 9.24. The summed E-state index contributed by atoms with van der Waals surface area (Å²) in [4.78, 5) is 13.6. The zero-order chi connectivity index (χ0) is 13.7. The largest absolute Gasteiger partial charge is 0.425 e. The summed E-state index contributed by atoms with van der Waals surface area (Å²) in [6, 6.07) is 9.35. The summed E-state index contributed by atoms with van der Waals surface area (Å²) in [5.41, 5.74) is 3.61. The summed E-state index contributed by atoms with van der Waals surface area (Å²) in [6.45, 7) is 5.41. The lowest BCUT2D eigenvalue weighted by Crippen LogP contribution is -2.43. The molecular weight excluding hydrogens is 258 g/mol. The molecule has 3 nitrogen and oxygen atoms in total. The minimum Gasteiger partial charge on any atom is -0.381 e. The van der Waals surface area contributed by atoms with Crippen LogP contribution in [-0.4, -0.2) is 19.1 Å². The molecule has 1 aromatic carbocycles. The fourth-order valence-corrected chi connectivity index (χ4v) is 2.84. The number of hydrogen-bond acceptors (Lipinski definition) is 3. The first-order valence-corrected chi connectivity index (χ1v) is 7.28. The van der Waals surface area contributed by atoms with Gasteiger partial charge in [-0.1, -0.05) is 29.5 Å². The van der Waals surface area contributed by atoms with E-state index in [0.29, 0.717) is 12.2 Å². The smallest absolute Gasteiger partial charge is 0.381 e. The molecule has 1 heterocycles. The van der Waals surface area contributed by atoms with E-state index in [-0.39, 0.29) is 5.91 Å². The minimum atomic E-state index is 0.0250. The quantitative estimate of drug-likeness (QED) is 0.621. The fraction of sp³-hybridized carbons (Fsp3) is 0.333. The molecule has 0 N–H and O–H groups in total. The average molecular weight is 276 g/mol. The Balaban J connectivity index is 2.15. The Labute approximate surface area is 117 Å². The third kappa shape index (κ3) is 3.28. The number of hydrogen-bond donors (Lipinski definition) is 0. The monoisotopic (exact) mass is 276 g/mol. The van der Waals surface area contributed by atoms with Crippen LogP contribution < -0.4 is 4.57 Å². The van der Waals surface area contributed by atoms with Gasteiger partial charge in [0.2, 0.25) is 11.2 Å². The zero-order valence-electron chi connectivity index (χ0n) is 11.3. The van der Waals surface area contributed by atoms with Gasteiger partial charge in [-0.3, -0.25) is 0 Å². The average Bonchev–Trinajstić information content (AvgIpc) is 2.81. The first kappa shape index (κ1) is 13.9. The zero-order valence-corrected chi connectivity index (χ0v) is 12.1. The van der Waals surface area contributed by atoms with Gasteiger partial charge in [0.1, 0.15) is 0 Å². The number of carbonyl (C=O) groups is 1. The van der Waals surface area contributed by atoms with Gasteiger partial charge < -0.3 is 4.74 Å². The van der Waals surface area contributed by atoms with Gasteiger partial charge in [0.25, 0.3) is 0 Å². The van der Waals surface area contributed by atoms with E-state index >= 15 is 0 Å². The number of nitrogens with zero attached hydrogens (tertiary/aromatic N) is 1. The van der Waals surface area contributed by atoms with Crippen LogP contribution in [0.2, 0.25) is 0 Å². The van der Waals surface area contributed by atoms with E-state index in [9.17, 15) is 4.79 Å². The van der Waals surface area contributed by atoms with Gasteiger partial charge >= 0.3 is 5.91 Å². The summed E-state index contributed by atoms with van der Waals surface area (Å²) in [7, 11) is 0. The van der Waals surface area contributed by atoms with E-state index in [4.69, 9.17) is 4.74 Å². The van der Waals surface area contributed by atoms with Crippen molar-refractivity contribution in [3.05, 3.63) is 52.0 Å². The van der Waals surface area contributed by atoms with Crippen molar-refractivity contribution in [2.75, 3.05) is 13.2 Å². The molecule has 2 rings (SSSR count). The van der Waals surface area contributed by atoms with Crippen LogP contribution in [0.4, 0.5) is 0 Å². The minimum absolute atomic E-state index is 0.0250. The lowest BCUT2D eigenvalue weighted by Gasteiger charge is -1.98. The van der Waals surface area contributed by atoms with Crippen molar-refractivity contribution in [2.24, 2.45) is 0 Å². The van der Waals surface area contributed by atoms with Gasteiger partial charge in [-0.2, -0.15) is 0 Å². The summed E-state index contributed by atoms with van der Waals surface area (Å²) in [5, 5.41) is 0. The van der Waals surface area contributed by atoms with Crippen LogP contribution in [0, 0.1) is 6.92 Å². The molecule has 1 aromatic heterocycles. The summed E-state index contributed by atoms with van der Waals surface area (Å²) in [5.74, 6) is 0.0250. The number of rotatable bonds is 5. The second kappa shape index (κ2) is 6.59. The topological polar surface area (TPSA) is 30.2 Å². The molecule has 0 unspecified atom stereocenters. The number of ether oxygens (including phenoxy) is 1. The standard InChI is InChI=1S/C15H18NO2S/c1-3-18-10-9-14-12(2)16(11-19-14)15(17)13-7-5-4-6-8-13/h4-8,11H,3,9-10H2,1-2H3/q+1. The predicted octanol–water partition coefficient (Wildman–Crippen LogP) is 2.61. The molecule has 0 fully saturated rings. The Kier molecular flexibility index (Phi) is 4.82. The fourth-order valence-electron chi connectivity index (χ4n) is 1.88. The number of carbonyl (C=O) groups excluding carboxylic acids is 1. The highest BCUT2D eigenvalue weighted by atomic mass is 32.1. The highest BCUT2D eigenvalue weighted by Gasteiger charge is 2.24. The molecule has 0 radical (unpaired) electrons. The molecular formula is C15H18NO2S+. The molecule has 100 valence electrons. The van der Waals surface area contributed by atoms with Crippen molar-refractivity contribution < 1.29 is 14.1 Å². The van der Waals surface area contributed by atoms with Gasteiger partial charge in [-0.15, -0.1) is 4.57 Å². The van der Waals surface area contributed by atoms with Crippen molar-refractivity contribution in [3.63, 3.8) is 0 Å². The molecule has 0 saturated heterocycles. The maximum Gasteiger partial charge on any atom is 0.425 e. The van der Waals surface area contributed by atoms with E-state index in [1.807, 2.05) is 49.7 Å². The van der Waals surface area contributed by atoms with Crippen molar-refractivity contribution in [1.29, 1.82) is 0 Å². The van der Waals surface area contributed by atoms with Crippen molar-refractivity contribution in [3.8, 4) is 0 Å². The van der Waals surface area contributed by atoms with E-state index in [0.717, 1.165) is 18.7 Å². The number of benzene rings is 1. The highest BCUT2D eigenvalue weighted by molar-refractivity contribution is 7.09. The molecule has 0 aliphatic heterocycles. The number of thiazole rings is 1. The SMILES string of the molecule is CCOCCc1sc[n+](C(=O)c2ccccc2)c1C. The molecule has 4 heteroatoms. The van der Waals surface area contributed by atoms with Gasteiger partial charge in [0.05, 0.1) is 17.0 Å². The maximum absolute atomic E-state index is 12.3. The Hall–Kier alpha value is -1.52. The molecule has 0 amide bonds. The Morgan fingerprint density at radius 3 is 2.74 bits per heavy atom. The maximum atomic E-state index is 12.3. The third-order valence-electron chi connectivity index (χ3n) is 2.98. The summed E-state index contributed by atoms with van der Waals surface area (Å²) >= 11 is 1.61. The molecule has 0 aliphatic carbocycles. The van der Waals surface area contributed by atoms with E-state index < -0.39 is 0 Å². The lowest BCUT2D eigenvalue weighted by atomic mass is 10.2. The van der Waals surface area contributed by atoms with Crippen LogP contribution in [-0.2, 0) is 11.2 Å². The Bertz CT molecular complexity index is 549. The van der Waals surface area contributed by atoms with Crippen molar-refractivity contribution in [1.82, 2.24) is 0 Å². The molecule has 19 heavy (non-hydrogen) atoms. The van der Waals surface area contributed by atoms with Gasteiger partial charge in [-0.05, 0) is 19.1 Å². The normalized spacial score (nSPS) is 10.6. The van der Waals surface area contributed by atoms with Gasteiger partial charge in [0, 0.05) is 20.0 Å². The molecule has 0 bridgehead atoms. The number of aromatic nitrogens is 1. The van der Waals surface area contributed by atoms with Crippen molar-refractivity contribution in [2.45, 2.75) is 20.3 Å². The molecule has 0 spiro atoms. The first-order valence-electron chi connectivity index (χ1n) is 6.40. The van der Waals surface area contributed by atoms with Crippen LogP contribution in [0.3, 0.4) is 0 Å². The summed E-state index contributed by atoms with van der Waals surface area (Å²) in [6.07, 6.45) is 0.861. The van der Waals surface area contributed by atoms with E-state index in [1.54, 1.807) is 15.9 Å². The van der Waals surface area contributed by atoms with Gasteiger partial charge in [0.15, 0.2) is 0 Å².